The van der Waals surface area contributed by atoms with E-state index in [0.717, 1.165) is 57.8 Å². The zero-order valence-electron chi connectivity index (χ0n) is 33.0. The van der Waals surface area contributed by atoms with E-state index < -0.39 is 0 Å². The Morgan fingerprint density at radius 3 is 1.95 bits per heavy atom. The lowest BCUT2D eigenvalue weighted by atomic mass is 9.93. The summed E-state index contributed by atoms with van der Waals surface area (Å²) in [6.07, 6.45) is 18.4. The van der Waals surface area contributed by atoms with Crippen LogP contribution in [0.2, 0.25) is 0 Å². The molecule has 2 aliphatic carbocycles. The van der Waals surface area contributed by atoms with Crippen LogP contribution in [0.5, 0.6) is 0 Å². The molecule has 1 unspecified atom stereocenters. The van der Waals surface area contributed by atoms with E-state index in [-0.39, 0.29) is 6.04 Å². The minimum absolute atomic E-state index is 0.128. The van der Waals surface area contributed by atoms with Gasteiger partial charge in [-0.1, -0.05) is 175 Å². The smallest absolute Gasteiger partial charge is 0.0715 e. The van der Waals surface area contributed by atoms with Gasteiger partial charge in [-0.2, -0.15) is 0 Å². The summed E-state index contributed by atoms with van der Waals surface area (Å²) >= 11 is 0. The van der Waals surface area contributed by atoms with Gasteiger partial charge in [0.05, 0.1) is 23.1 Å². The molecule has 3 aliphatic rings. The molecule has 1 aliphatic heterocycles. The fourth-order valence-corrected chi connectivity index (χ4v) is 8.54. The second kappa shape index (κ2) is 15.5. The highest BCUT2D eigenvalue weighted by atomic mass is 14.9. The molecule has 282 valence electrons. The number of aromatic nitrogens is 1. The lowest BCUT2D eigenvalue weighted by molar-refractivity contribution is 0.597. The van der Waals surface area contributed by atoms with E-state index in [1.807, 2.05) is 24.3 Å². The molecule has 0 bridgehead atoms. The summed E-state index contributed by atoms with van der Waals surface area (Å²) < 4.78 is 0. The molecule has 0 saturated heterocycles. The van der Waals surface area contributed by atoms with E-state index >= 15 is 0 Å². The average molecular weight is 758 g/mol. The summed E-state index contributed by atoms with van der Waals surface area (Å²) in [4.78, 5) is 5.31. The summed E-state index contributed by atoms with van der Waals surface area (Å²) in [7, 11) is 0. The number of nitrogens with one attached hydrogen (secondary N) is 2. The van der Waals surface area contributed by atoms with Crippen LogP contribution in [-0.4, -0.2) is 10.7 Å². The van der Waals surface area contributed by atoms with Crippen molar-refractivity contribution in [2.45, 2.75) is 25.8 Å². The van der Waals surface area contributed by atoms with Crippen molar-refractivity contribution in [3.63, 3.8) is 0 Å². The third-order valence-electron chi connectivity index (χ3n) is 11.8. The number of fused-ring (bicyclic) bond motifs is 2. The summed E-state index contributed by atoms with van der Waals surface area (Å²) in [5.41, 5.74) is 16.3. The van der Waals surface area contributed by atoms with E-state index in [1.54, 1.807) is 0 Å². The molecular formula is C56H43N3. The predicted molar refractivity (Wildman–Crippen MR) is 248 cm³/mol. The lowest BCUT2D eigenvalue weighted by Crippen LogP contribution is -2.25. The molecule has 0 amide bonds. The van der Waals surface area contributed by atoms with Gasteiger partial charge in [-0.25, -0.2) is 4.98 Å². The second-order valence-corrected chi connectivity index (χ2v) is 15.7. The van der Waals surface area contributed by atoms with Crippen molar-refractivity contribution < 1.29 is 0 Å². The number of hydrogen-bond donors (Lipinski definition) is 2. The van der Waals surface area contributed by atoms with Crippen LogP contribution in [0.3, 0.4) is 0 Å². The van der Waals surface area contributed by atoms with Gasteiger partial charge in [0.25, 0.3) is 0 Å². The molecule has 6 aromatic carbocycles. The summed E-state index contributed by atoms with van der Waals surface area (Å²) in [5.74, 6) is 0. The van der Waals surface area contributed by atoms with Crippen molar-refractivity contribution in [2.24, 2.45) is 0 Å². The Bertz CT molecular complexity index is 3060. The Morgan fingerprint density at radius 2 is 1.19 bits per heavy atom. The van der Waals surface area contributed by atoms with Crippen molar-refractivity contribution in [2.75, 3.05) is 0 Å². The Balaban J connectivity index is 0.987. The summed E-state index contributed by atoms with van der Waals surface area (Å²) in [6, 6.07) is 55.1. The highest BCUT2D eigenvalue weighted by Gasteiger charge is 2.19. The third-order valence-corrected chi connectivity index (χ3v) is 11.8. The van der Waals surface area contributed by atoms with Crippen LogP contribution in [0, 0.1) is 5.41 Å². The topological polar surface area (TPSA) is 48.8 Å². The molecule has 59 heavy (non-hydrogen) atoms. The van der Waals surface area contributed by atoms with E-state index in [0.29, 0.717) is 5.71 Å². The van der Waals surface area contributed by atoms with Gasteiger partial charge in [0, 0.05) is 22.4 Å². The Labute approximate surface area is 345 Å². The number of nitrogens with zero attached hydrogens (tertiary/aromatic N) is 1. The van der Waals surface area contributed by atoms with Crippen LogP contribution in [0.25, 0.3) is 72.8 Å². The second-order valence-electron chi connectivity index (χ2n) is 15.7. The average Bonchev–Trinajstić information content (AvgIpc) is 3.47. The molecule has 2 N–H and O–H groups in total. The van der Waals surface area contributed by atoms with E-state index in [2.05, 4.69) is 188 Å². The van der Waals surface area contributed by atoms with Gasteiger partial charge in [-0.15, -0.1) is 0 Å². The normalized spacial score (nSPS) is 17.2. The van der Waals surface area contributed by atoms with Gasteiger partial charge in [-0.3, -0.25) is 0 Å². The van der Waals surface area contributed by atoms with Crippen molar-refractivity contribution >= 4 is 33.7 Å². The Morgan fingerprint density at radius 1 is 0.559 bits per heavy atom. The Hall–Kier alpha value is -7.36. The standard InChI is InChI=1S/C56H43N3/c1-37-33-47(32-24-42-10-4-5-12-50(37)42)39-17-27-44(28-18-39)55-35-49(41-21-25-43(26-22-41)53-15-8-16-54(58-53)51-13-6-7-14-52(51)57)36-56(59-55)45-29-19-40(20-30-45)48-31-23-38-9-2-3-11-46(38)34-48/h2-14,16-32,34-36,53,57-58H,15,33H2,1H3/b54-51-,57-52?. The largest absolute Gasteiger partial charge is 0.377 e. The maximum Gasteiger partial charge on any atom is 0.0715 e. The maximum atomic E-state index is 8.43. The fraction of sp³-hybridized carbons (Fsp3) is 0.0714. The van der Waals surface area contributed by atoms with Crippen molar-refractivity contribution in [1.82, 2.24) is 10.3 Å². The number of rotatable bonds is 6. The van der Waals surface area contributed by atoms with Gasteiger partial charge in [0.1, 0.15) is 0 Å². The van der Waals surface area contributed by atoms with Crippen LogP contribution < -0.4 is 15.8 Å². The van der Waals surface area contributed by atoms with Crippen LogP contribution in [0.15, 0.2) is 205 Å². The van der Waals surface area contributed by atoms with Gasteiger partial charge < -0.3 is 10.7 Å². The molecule has 0 spiro atoms. The van der Waals surface area contributed by atoms with E-state index in [9.17, 15) is 0 Å². The number of allylic oxidation sites excluding steroid dienone is 8. The molecule has 10 rings (SSSR count). The van der Waals surface area contributed by atoms with Crippen LogP contribution >= 0.6 is 0 Å². The highest BCUT2D eigenvalue weighted by molar-refractivity contribution is 6.10. The molecule has 3 heteroatoms. The zero-order valence-corrected chi connectivity index (χ0v) is 33.0. The molecule has 7 aromatic rings. The number of pyridine rings is 1. The maximum absolute atomic E-state index is 8.43. The molecule has 0 saturated carbocycles. The minimum Gasteiger partial charge on any atom is -0.377 e. The minimum atomic E-state index is 0.128. The Kier molecular flexibility index (Phi) is 9.48. The number of benzene rings is 6. The first-order valence-corrected chi connectivity index (χ1v) is 20.4. The van der Waals surface area contributed by atoms with E-state index in [4.69, 9.17) is 10.4 Å². The van der Waals surface area contributed by atoms with Crippen molar-refractivity contribution in [3.05, 3.63) is 227 Å². The van der Waals surface area contributed by atoms with Gasteiger partial charge in [0.2, 0.25) is 0 Å². The van der Waals surface area contributed by atoms with Crippen LogP contribution in [0.1, 0.15) is 36.9 Å². The SMILES string of the molecule is CC1=c2ccccc2=CC=C(c2ccc(-c3cc(-c4ccc(C5CC=C/C(=C6\C=CC=CC6=N)N5)cc4)cc(-c4ccc(-c5ccc6ccccc6c5)cc4)n3)cc2)C1. The zero-order chi connectivity index (χ0) is 39.7. The first-order chi connectivity index (χ1) is 29.0. The summed E-state index contributed by atoms with van der Waals surface area (Å²) in [6.45, 7) is 2.25. The fourth-order valence-electron chi connectivity index (χ4n) is 8.54. The van der Waals surface area contributed by atoms with E-state index in [1.165, 1.54) is 54.6 Å². The molecule has 1 aromatic heterocycles. The number of hydrogen-bond acceptors (Lipinski definition) is 3. The third kappa shape index (κ3) is 7.35. The first kappa shape index (κ1) is 36.0. The quantitative estimate of drug-likeness (QED) is 0.177. The van der Waals surface area contributed by atoms with Crippen molar-refractivity contribution in [3.8, 4) is 44.8 Å². The molecule has 2 heterocycles. The molecule has 0 fully saturated rings. The lowest BCUT2D eigenvalue weighted by Gasteiger charge is -2.25. The van der Waals surface area contributed by atoms with Crippen LogP contribution in [0.4, 0.5) is 0 Å². The molecule has 0 radical (unpaired) electrons. The summed E-state index contributed by atoms with van der Waals surface area (Å²) in [5, 5.41) is 17.2. The molecular weight excluding hydrogens is 715 g/mol. The first-order valence-electron chi connectivity index (χ1n) is 20.4. The molecule has 3 nitrogen and oxygen atoms in total. The molecule has 1 atom stereocenters. The van der Waals surface area contributed by atoms with Gasteiger partial charge >= 0.3 is 0 Å². The highest BCUT2D eigenvalue weighted by Crippen LogP contribution is 2.35. The monoisotopic (exact) mass is 757 g/mol. The van der Waals surface area contributed by atoms with Crippen LogP contribution in [-0.2, 0) is 0 Å². The van der Waals surface area contributed by atoms with Crippen molar-refractivity contribution in [1.29, 1.82) is 5.41 Å². The predicted octanol–water partition coefficient (Wildman–Crippen LogP) is 12.3. The van der Waals surface area contributed by atoms with Gasteiger partial charge in [0.15, 0.2) is 0 Å². The van der Waals surface area contributed by atoms with Gasteiger partial charge in [-0.05, 0) is 110 Å².